The maximum absolute atomic E-state index is 13.8. The zero-order valence-corrected chi connectivity index (χ0v) is 21.6. The number of aromatic nitrogens is 1. The highest BCUT2D eigenvalue weighted by Gasteiger charge is 2.48. The van der Waals surface area contributed by atoms with E-state index in [0.717, 1.165) is 22.7 Å². The maximum Gasteiger partial charge on any atom is 0.350 e. The van der Waals surface area contributed by atoms with Crippen LogP contribution in [0.4, 0.5) is 9.52 Å². The van der Waals surface area contributed by atoms with E-state index >= 15 is 0 Å². The molecule has 0 radical (unpaired) electrons. The van der Waals surface area contributed by atoms with Gasteiger partial charge < -0.3 is 14.6 Å². The van der Waals surface area contributed by atoms with Gasteiger partial charge in [0.2, 0.25) is 0 Å². The van der Waals surface area contributed by atoms with Gasteiger partial charge >= 0.3 is 11.9 Å². The number of halogens is 1. The van der Waals surface area contributed by atoms with Crippen LogP contribution in [-0.2, 0) is 14.3 Å². The van der Waals surface area contributed by atoms with E-state index in [1.165, 1.54) is 30.3 Å². The summed E-state index contributed by atoms with van der Waals surface area (Å²) in [5, 5.41) is 11.3. The van der Waals surface area contributed by atoms with Crippen LogP contribution in [0, 0.1) is 12.7 Å². The lowest BCUT2D eigenvalue weighted by molar-refractivity contribution is -0.132. The molecule has 1 aliphatic heterocycles. The van der Waals surface area contributed by atoms with Crippen molar-refractivity contribution < 1.29 is 33.4 Å². The van der Waals surface area contributed by atoms with Crippen LogP contribution in [0.15, 0.2) is 66.8 Å². The van der Waals surface area contributed by atoms with E-state index in [9.17, 15) is 23.9 Å². The van der Waals surface area contributed by atoms with Crippen LogP contribution in [0.2, 0.25) is 0 Å². The topological polar surface area (TPSA) is 106 Å². The molecule has 1 aromatic heterocycles. The number of carbonyl (C=O) groups excluding carboxylic acids is 3. The number of thiazole rings is 1. The second-order valence-corrected chi connectivity index (χ2v) is 9.37. The molecule has 8 nitrogen and oxygen atoms in total. The summed E-state index contributed by atoms with van der Waals surface area (Å²) in [5.74, 6) is -2.85. The molecule has 196 valence electrons. The van der Waals surface area contributed by atoms with Crippen molar-refractivity contribution in [1.29, 1.82) is 0 Å². The maximum atomic E-state index is 13.8. The van der Waals surface area contributed by atoms with Gasteiger partial charge in [-0.3, -0.25) is 14.5 Å². The van der Waals surface area contributed by atoms with E-state index < -0.39 is 35.3 Å². The summed E-state index contributed by atoms with van der Waals surface area (Å²) >= 11 is 0.880. The molecule has 1 amide bonds. The minimum Gasteiger partial charge on any atom is -0.507 e. The molecule has 0 spiro atoms. The van der Waals surface area contributed by atoms with Gasteiger partial charge in [0, 0.05) is 5.56 Å². The van der Waals surface area contributed by atoms with Crippen molar-refractivity contribution in [2.45, 2.75) is 26.3 Å². The molecule has 0 bridgehead atoms. The normalized spacial score (nSPS) is 16.5. The Balaban J connectivity index is 1.82. The third-order valence-corrected chi connectivity index (χ3v) is 6.88. The Morgan fingerprint density at radius 3 is 2.50 bits per heavy atom. The minimum absolute atomic E-state index is 0.00608. The number of rotatable bonds is 9. The predicted octanol–water partition coefficient (Wildman–Crippen LogP) is 5.35. The first kappa shape index (κ1) is 26.7. The molecular weight excluding hydrogens is 511 g/mol. The molecule has 2 aromatic carbocycles. The first-order valence-electron chi connectivity index (χ1n) is 11.8. The van der Waals surface area contributed by atoms with E-state index in [4.69, 9.17) is 9.47 Å². The van der Waals surface area contributed by atoms with Gasteiger partial charge in [0.1, 0.15) is 28.8 Å². The van der Waals surface area contributed by atoms with Crippen LogP contribution >= 0.6 is 11.3 Å². The largest absolute Gasteiger partial charge is 0.507 e. The number of amides is 1. The number of benzene rings is 2. The fourth-order valence-electron chi connectivity index (χ4n) is 3.95. The number of nitrogens with zero attached hydrogens (tertiary/aromatic N) is 2. The zero-order chi connectivity index (χ0) is 27.4. The van der Waals surface area contributed by atoms with Crippen LogP contribution < -0.4 is 9.64 Å². The molecule has 1 aliphatic rings. The van der Waals surface area contributed by atoms with Gasteiger partial charge in [0.15, 0.2) is 5.13 Å². The number of carbonyl (C=O) groups is 3. The summed E-state index contributed by atoms with van der Waals surface area (Å²) in [6, 6.07) is 10.6. The summed E-state index contributed by atoms with van der Waals surface area (Å²) in [6.45, 7) is 7.59. The first-order chi connectivity index (χ1) is 18.3. The average Bonchev–Trinajstić information content (AvgIpc) is 3.43. The number of ketones is 1. The van der Waals surface area contributed by atoms with Gasteiger partial charge in [0.05, 0.1) is 23.9 Å². The van der Waals surface area contributed by atoms with E-state index in [1.54, 1.807) is 31.2 Å². The highest BCUT2D eigenvalue weighted by Crippen LogP contribution is 2.44. The van der Waals surface area contributed by atoms with Crippen molar-refractivity contribution in [3.63, 3.8) is 0 Å². The lowest BCUT2D eigenvalue weighted by atomic mass is 9.95. The van der Waals surface area contributed by atoms with Gasteiger partial charge in [-0.05, 0) is 55.3 Å². The van der Waals surface area contributed by atoms with Crippen LogP contribution in [0.1, 0.15) is 45.9 Å². The van der Waals surface area contributed by atoms with E-state index in [-0.39, 0.29) is 22.2 Å². The molecule has 0 saturated carbocycles. The fourth-order valence-corrected chi connectivity index (χ4v) is 4.94. The Hall–Kier alpha value is -4.31. The molecule has 1 saturated heterocycles. The van der Waals surface area contributed by atoms with Gasteiger partial charge in [-0.15, -0.1) is 0 Å². The minimum atomic E-state index is -1.12. The summed E-state index contributed by atoms with van der Waals surface area (Å²) in [5.41, 5.74) is 0.788. The van der Waals surface area contributed by atoms with Gasteiger partial charge in [-0.25, -0.2) is 14.2 Å². The number of aliphatic hydroxyl groups is 1. The molecule has 2 heterocycles. The molecule has 3 aromatic rings. The highest BCUT2D eigenvalue weighted by atomic mass is 32.1. The second kappa shape index (κ2) is 11.4. The van der Waals surface area contributed by atoms with E-state index in [0.29, 0.717) is 29.2 Å². The number of ether oxygens (including phenoxy) is 2. The summed E-state index contributed by atoms with van der Waals surface area (Å²) in [7, 11) is 0. The number of hydrogen-bond acceptors (Lipinski definition) is 8. The van der Waals surface area contributed by atoms with Crippen LogP contribution in [0.3, 0.4) is 0 Å². The van der Waals surface area contributed by atoms with Gasteiger partial charge in [-0.2, -0.15) is 0 Å². The average molecular weight is 537 g/mol. The molecule has 1 atom stereocenters. The zero-order valence-electron chi connectivity index (χ0n) is 20.8. The van der Waals surface area contributed by atoms with Crippen molar-refractivity contribution in [3.05, 3.63) is 94.3 Å². The number of aliphatic hydroxyl groups excluding tert-OH is 1. The van der Waals surface area contributed by atoms with E-state index in [1.807, 2.05) is 6.92 Å². The lowest BCUT2D eigenvalue weighted by Crippen LogP contribution is -2.29. The summed E-state index contributed by atoms with van der Waals surface area (Å²) in [4.78, 5) is 44.7. The van der Waals surface area contributed by atoms with Crippen molar-refractivity contribution >= 4 is 39.9 Å². The lowest BCUT2D eigenvalue weighted by Gasteiger charge is -2.23. The predicted molar refractivity (Wildman–Crippen MR) is 141 cm³/mol. The number of esters is 1. The molecular formula is C28H25FN2O6S. The molecule has 1 fully saturated rings. The third-order valence-electron chi connectivity index (χ3n) is 5.74. The quantitative estimate of drug-likeness (QED) is 0.129. The third kappa shape index (κ3) is 5.21. The molecule has 1 unspecified atom stereocenters. The Morgan fingerprint density at radius 1 is 1.18 bits per heavy atom. The van der Waals surface area contributed by atoms with Crippen LogP contribution in [-0.4, -0.2) is 41.0 Å². The first-order valence-corrected chi connectivity index (χ1v) is 12.6. The number of aryl methyl sites for hydroxylation is 1. The van der Waals surface area contributed by atoms with Gasteiger partial charge in [0.25, 0.3) is 5.78 Å². The highest BCUT2D eigenvalue weighted by molar-refractivity contribution is 7.17. The number of Topliss-reactive ketones (excluding diaryl/α,β-unsaturated/α-hetero) is 1. The summed E-state index contributed by atoms with van der Waals surface area (Å²) in [6.07, 6.45) is 2.25. The van der Waals surface area contributed by atoms with Crippen molar-refractivity contribution in [2.75, 3.05) is 18.1 Å². The fraction of sp³-hybridized carbons (Fsp3) is 0.214. The molecule has 1 N–H and O–H groups in total. The van der Waals surface area contributed by atoms with Crippen LogP contribution in [0.5, 0.6) is 5.75 Å². The van der Waals surface area contributed by atoms with Gasteiger partial charge in [-0.1, -0.05) is 43.0 Å². The second-order valence-electron chi connectivity index (χ2n) is 8.39. The SMILES string of the molecule is C=CCOC(=O)c1sc(N2C(=O)C(=O)/C(=C(/O)c3ccc(OCCC)cc3)C2c2ccc(F)cc2)nc1C. The Morgan fingerprint density at radius 2 is 1.87 bits per heavy atom. The molecule has 38 heavy (non-hydrogen) atoms. The monoisotopic (exact) mass is 536 g/mol. The Bertz CT molecular complexity index is 1410. The van der Waals surface area contributed by atoms with E-state index in [2.05, 4.69) is 11.6 Å². The van der Waals surface area contributed by atoms with Crippen molar-refractivity contribution in [1.82, 2.24) is 4.98 Å². The molecule has 0 aliphatic carbocycles. The summed E-state index contributed by atoms with van der Waals surface area (Å²) < 4.78 is 24.4. The standard InChI is InChI=1S/C28H25FN2O6S/c1-4-14-36-20-12-8-18(9-13-20)23(32)21-22(17-6-10-19(29)11-7-17)31(26(34)24(21)33)28-30-16(3)25(38-28)27(35)37-15-5-2/h5-13,22,32H,2,4,14-15H2,1,3H3/b23-21+. The molecule has 4 rings (SSSR count). The number of anilines is 1. The smallest absolute Gasteiger partial charge is 0.350 e. The van der Waals surface area contributed by atoms with Crippen molar-refractivity contribution in [2.24, 2.45) is 0 Å². The van der Waals surface area contributed by atoms with Crippen LogP contribution in [0.25, 0.3) is 5.76 Å². The Labute approximate surface area is 222 Å². The molecule has 10 heteroatoms. The Kier molecular flexibility index (Phi) is 8.02. The number of hydrogen-bond donors (Lipinski definition) is 1. The van der Waals surface area contributed by atoms with Crippen molar-refractivity contribution in [3.8, 4) is 5.75 Å².